The lowest BCUT2D eigenvalue weighted by Gasteiger charge is -2.45. The molecule has 1 aromatic carbocycles. The topological polar surface area (TPSA) is 75.4 Å². The molecule has 1 aliphatic heterocycles. The number of aromatic nitrogens is 3. The fraction of sp³-hybridized carbons (Fsp3) is 0.368. The average molecular weight is 351 g/mol. The number of amides is 1. The summed E-state index contributed by atoms with van der Waals surface area (Å²) in [6, 6.07) is 5.39. The third-order valence-corrected chi connectivity index (χ3v) is 5.05. The first kappa shape index (κ1) is 16.7. The van der Waals surface area contributed by atoms with E-state index in [4.69, 9.17) is 4.42 Å². The third-order valence-electron chi connectivity index (χ3n) is 5.05. The Morgan fingerprint density at radius 2 is 1.96 bits per heavy atom. The van der Waals surface area contributed by atoms with Gasteiger partial charge in [-0.25, -0.2) is 15.0 Å². The molecule has 134 valence electrons. The number of nitrogens with zero attached hydrogens (tertiary/aromatic N) is 5. The Bertz CT molecular complexity index is 951. The molecule has 1 fully saturated rings. The van der Waals surface area contributed by atoms with Crippen LogP contribution in [0.2, 0.25) is 0 Å². The van der Waals surface area contributed by atoms with E-state index in [1.54, 1.807) is 30.6 Å². The summed E-state index contributed by atoms with van der Waals surface area (Å²) in [5.41, 5.74) is 2.59. The summed E-state index contributed by atoms with van der Waals surface area (Å²) in [5, 5.41) is 0. The normalized spacial score (nSPS) is 17.6. The Kier molecular flexibility index (Phi) is 3.96. The number of hydrogen-bond donors (Lipinski definition) is 0. The van der Waals surface area contributed by atoms with Gasteiger partial charge in [-0.2, -0.15) is 0 Å². The monoisotopic (exact) mass is 351 g/mol. The summed E-state index contributed by atoms with van der Waals surface area (Å²) < 4.78 is 5.76. The van der Waals surface area contributed by atoms with Gasteiger partial charge >= 0.3 is 0 Å². The maximum Gasteiger partial charge on any atom is 0.254 e. The predicted octanol–water partition coefficient (Wildman–Crippen LogP) is 2.45. The number of rotatable bonds is 2. The van der Waals surface area contributed by atoms with E-state index in [0.717, 1.165) is 13.1 Å². The molecule has 7 heteroatoms. The highest BCUT2D eigenvalue weighted by Gasteiger charge is 2.33. The maximum absolute atomic E-state index is 12.9. The lowest BCUT2D eigenvalue weighted by Crippen LogP contribution is -2.58. The number of likely N-dealkylation sites (N-methyl/N-ethyl adjacent to an activating group) is 1. The highest BCUT2D eigenvalue weighted by molar-refractivity contribution is 5.97. The van der Waals surface area contributed by atoms with Crippen molar-refractivity contribution < 1.29 is 9.21 Å². The summed E-state index contributed by atoms with van der Waals surface area (Å²) in [4.78, 5) is 29.6. The first-order valence-electron chi connectivity index (χ1n) is 8.60. The van der Waals surface area contributed by atoms with Crippen molar-refractivity contribution in [1.29, 1.82) is 0 Å². The number of benzene rings is 1. The van der Waals surface area contributed by atoms with Crippen molar-refractivity contribution in [1.82, 2.24) is 24.8 Å². The van der Waals surface area contributed by atoms with Crippen molar-refractivity contribution in [2.45, 2.75) is 19.4 Å². The van der Waals surface area contributed by atoms with E-state index in [1.807, 2.05) is 4.90 Å². The van der Waals surface area contributed by atoms with Crippen LogP contribution in [0.5, 0.6) is 0 Å². The summed E-state index contributed by atoms with van der Waals surface area (Å²) >= 11 is 0. The quantitative estimate of drug-likeness (QED) is 0.706. The Morgan fingerprint density at radius 3 is 2.69 bits per heavy atom. The molecule has 1 aliphatic rings. The average Bonchev–Trinajstić information content (AvgIpc) is 3.07. The van der Waals surface area contributed by atoms with Crippen molar-refractivity contribution in [3.05, 3.63) is 42.5 Å². The first-order valence-corrected chi connectivity index (χ1v) is 8.60. The fourth-order valence-corrected chi connectivity index (χ4v) is 3.19. The van der Waals surface area contributed by atoms with Crippen molar-refractivity contribution in [3.8, 4) is 11.5 Å². The minimum Gasteiger partial charge on any atom is -0.436 e. The molecule has 0 spiro atoms. The van der Waals surface area contributed by atoms with Crippen LogP contribution >= 0.6 is 0 Å². The highest BCUT2D eigenvalue weighted by Crippen LogP contribution is 2.25. The van der Waals surface area contributed by atoms with E-state index in [0.29, 0.717) is 34.7 Å². The second-order valence-corrected chi connectivity index (χ2v) is 7.29. The van der Waals surface area contributed by atoms with Crippen LogP contribution in [0.4, 0.5) is 0 Å². The van der Waals surface area contributed by atoms with Crippen LogP contribution in [0.25, 0.3) is 22.6 Å². The van der Waals surface area contributed by atoms with Gasteiger partial charge in [0.15, 0.2) is 5.58 Å². The third kappa shape index (κ3) is 2.94. The number of hydrogen-bond acceptors (Lipinski definition) is 6. The Morgan fingerprint density at radius 1 is 1.19 bits per heavy atom. The van der Waals surface area contributed by atoms with Crippen molar-refractivity contribution in [2.24, 2.45) is 0 Å². The van der Waals surface area contributed by atoms with Crippen LogP contribution < -0.4 is 0 Å². The van der Waals surface area contributed by atoms with Crippen LogP contribution in [0, 0.1) is 0 Å². The number of carbonyl (C=O) groups excluding carboxylic acids is 1. The molecule has 7 nitrogen and oxygen atoms in total. The van der Waals surface area contributed by atoms with Gasteiger partial charge in [0, 0.05) is 43.1 Å². The second kappa shape index (κ2) is 6.17. The molecule has 0 N–H and O–H groups in total. The zero-order valence-electron chi connectivity index (χ0n) is 15.1. The smallest absolute Gasteiger partial charge is 0.254 e. The molecule has 0 saturated carbocycles. The molecule has 0 aliphatic carbocycles. The van der Waals surface area contributed by atoms with E-state index in [9.17, 15) is 4.79 Å². The van der Waals surface area contributed by atoms with Crippen LogP contribution in [0.1, 0.15) is 24.2 Å². The molecule has 0 radical (unpaired) electrons. The molecule has 3 heterocycles. The summed E-state index contributed by atoms with van der Waals surface area (Å²) in [7, 11) is 2.10. The molecular weight excluding hydrogens is 330 g/mol. The van der Waals surface area contributed by atoms with Gasteiger partial charge in [0.1, 0.15) is 11.8 Å². The molecule has 2 aromatic heterocycles. The van der Waals surface area contributed by atoms with Crippen molar-refractivity contribution >= 4 is 17.0 Å². The molecule has 0 atom stereocenters. The van der Waals surface area contributed by atoms with Gasteiger partial charge in [0.2, 0.25) is 5.89 Å². The minimum atomic E-state index is -0.0353. The zero-order valence-corrected chi connectivity index (χ0v) is 15.1. The molecule has 1 saturated heterocycles. The summed E-state index contributed by atoms with van der Waals surface area (Å²) in [5.74, 6) is 0.478. The lowest BCUT2D eigenvalue weighted by molar-refractivity contribution is 0.0311. The van der Waals surface area contributed by atoms with Crippen molar-refractivity contribution in [3.63, 3.8) is 0 Å². The Labute approximate surface area is 151 Å². The molecule has 4 rings (SSSR count). The summed E-state index contributed by atoms with van der Waals surface area (Å²) in [6.45, 7) is 6.60. The van der Waals surface area contributed by atoms with Crippen LogP contribution in [0.3, 0.4) is 0 Å². The van der Waals surface area contributed by atoms with Crippen LogP contribution in [-0.4, -0.2) is 62.9 Å². The van der Waals surface area contributed by atoms with Gasteiger partial charge in [-0.15, -0.1) is 0 Å². The lowest BCUT2D eigenvalue weighted by atomic mass is 9.99. The number of piperazine rings is 1. The minimum absolute atomic E-state index is 0.0284. The number of oxazole rings is 1. The summed E-state index contributed by atoms with van der Waals surface area (Å²) in [6.07, 6.45) is 4.76. The fourth-order valence-electron chi connectivity index (χ4n) is 3.19. The molecule has 26 heavy (non-hydrogen) atoms. The van der Waals surface area contributed by atoms with E-state index in [2.05, 4.69) is 40.7 Å². The maximum atomic E-state index is 12.9. The van der Waals surface area contributed by atoms with Gasteiger partial charge in [-0.1, -0.05) is 0 Å². The number of carbonyl (C=O) groups is 1. The first-order chi connectivity index (χ1) is 12.4. The molecule has 3 aromatic rings. The highest BCUT2D eigenvalue weighted by atomic mass is 16.3. The van der Waals surface area contributed by atoms with Gasteiger partial charge in [0.05, 0.1) is 5.56 Å². The van der Waals surface area contributed by atoms with Crippen molar-refractivity contribution in [2.75, 3.05) is 26.7 Å². The van der Waals surface area contributed by atoms with E-state index >= 15 is 0 Å². The Hall–Kier alpha value is -2.80. The predicted molar refractivity (Wildman–Crippen MR) is 97.6 cm³/mol. The number of fused-ring (bicyclic) bond motifs is 1. The van der Waals surface area contributed by atoms with E-state index in [1.165, 1.54) is 6.33 Å². The molecule has 0 bridgehead atoms. The van der Waals surface area contributed by atoms with Gasteiger partial charge in [0.25, 0.3) is 5.91 Å². The second-order valence-electron chi connectivity index (χ2n) is 7.29. The molecule has 1 amide bonds. The van der Waals surface area contributed by atoms with Crippen LogP contribution in [0.15, 0.2) is 41.3 Å². The Balaban J connectivity index is 1.62. The van der Waals surface area contributed by atoms with Gasteiger partial charge in [-0.3, -0.25) is 9.69 Å². The standard InChI is InChI=1S/C19H21N5O2/c1-19(2)11-24(7-6-23(19)3)18(25)13-4-5-16-15(8-13)22-17(26-16)14-9-20-12-21-10-14/h4-5,8-10,12H,6-7,11H2,1-3H3. The van der Waals surface area contributed by atoms with Crippen LogP contribution in [-0.2, 0) is 0 Å². The SMILES string of the molecule is CN1CCN(C(=O)c2ccc3oc(-c4cncnc4)nc3c2)CC1(C)C. The van der Waals surface area contributed by atoms with Gasteiger partial charge < -0.3 is 9.32 Å². The molecular formula is C19H21N5O2. The molecule has 0 unspecified atom stereocenters. The zero-order chi connectivity index (χ0) is 18.3. The van der Waals surface area contributed by atoms with Gasteiger partial charge in [-0.05, 0) is 39.1 Å². The van der Waals surface area contributed by atoms with E-state index in [-0.39, 0.29) is 11.4 Å². The largest absolute Gasteiger partial charge is 0.436 e. The van der Waals surface area contributed by atoms with E-state index < -0.39 is 0 Å².